The Morgan fingerprint density at radius 2 is 1.33 bits per heavy atom. The van der Waals surface area contributed by atoms with Crippen LogP contribution in [0.2, 0.25) is 0 Å². The fourth-order valence-electron chi connectivity index (χ4n) is 3.47. The molecule has 0 radical (unpaired) electrons. The van der Waals surface area contributed by atoms with Crippen LogP contribution in [-0.4, -0.2) is 105 Å². The Hall–Kier alpha value is -1.18. The van der Waals surface area contributed by atoms with Crippen molar-refractivity contribution in [3.63, 3.8) is 0 Å². The monoisotopic (exact) mass is 430 g/mol. The molecule has 2 heterocycles. The zero-order valence-electron chi connectivity index (χ0n) is 16.6. The van der Waals surface area contributed by atoms with Gasteiger partial charge in [0.25, 0.3) is 0 Å². The molecule has 1 aromatic carbocycles. The Labute approximate surface area is 174 Å². The molecule has 0 amide bonds. The van der Waals surface area contributed by atoms with E-state index in [4.69, 9.17) is 18.9 Å². The highest BCUT2D eigenvalue weighted by Crippen LogP contribution is 2.26. The van der Waals surface area contributed by atoms with Gasteiger partial charge in [-0.2, -0.15) is 0 Å². The van der Waals surface area contributed by atoms with Crippen LogP contribution in [0.4, 0.5) is 0 Å². The van der Waals surface area contributed by atoms with Gasteiger partial charge in [-0.15, -0.1) is 0 Å². The molecule has 0 saturated carbocycles. The van der Waals surface area contributed by atoms with Crippen molar-refractivity contribution < 1.29 is 49.6 Å². The molecule has 1 aromatic rings. The lowest BCUT2D eigenvalue weighted by atomic mass is 9.98. The van der Waals surface area contributed by atoms with Crippen LogP contribution in [0, 0.1) is 0 Å². The van der Waals surface area contributed by atoms with Gasteiger partial charge < -0.3 is 49.6 Å². The number of ether oxygens (including phenoxy) is 4. The highest BCUT2D eigenvalue weighted by atomic mass is 16.7. The number of hydrogen-bond acceptors (Lipinski definition) is 10. The largest absolute Gasteiger partial charge is 0.388 e. The second-order valence-electron chi connectivity index (χ2n) is 7.64. The van der Waals surface area contributed by atoms with Crippen LogP contribution in [0.25, 0.3) is 0 Å². The Morgan fingerprint density at radius 1 is 0.733 bits per heavy atom. The molecule has 0 aliphatic carbocycles. The summed E-state index contributed by atoms with van der Waals surface area (Å²) < 4.78 is 21.9. The quantitative estimate of drug-likeness (QED) is 0.283. The molecule has 10 nitrogen and oxygen atoms in total. The van der Waals surface area contributed by atoms with Crippen LogP contribution < -0.4 is 0 Å². The second kappa shape index (κ2) is 10.4. The lowest BCUT2D eigenvalue weighted by molar-refractivity contribution is -0.327. The number of benzene rings is 1. The molecule has 30 heavy (non-hydrogen) atoms. The SMILES string of the molecule is C[C@H]1O[C@@H](OC[C@@H]2O[C@@H](OCCc3ccccc3)[C@H](O)[C@@H](O)[C@@H]2O)[C@H](O)[C@H](O)[C@H]1O. The number of aliphatic hydroxyl groups excluding tert-OH is 6. The van der Waals surface area contributed by atoms with Gasteiger partial charge >= 0.3 is 0 Å². The lowest BCUT2D eigenvalue weighted by Gasteiger charge is -2.42. The Kier molecular flexibility index (Phi) is 8.16. The molecular weight excluding hydrogens is 400 g/mol. The fourth-order valence-corrected chi connectivity index (χ4v) is 3.47. The van der Waals surface area contributed by atoms with Gasteiger partial charge in [0, 0.05) is 0 Å². The van der Waals surface area contributed by atoms with E-state index >= 15 is 0 Å². The highest BCUT2D eigenvalue weighted by Gasteiger charge is 2.46. The fraction of sp³-hybridized carbons (Fsp3) is 0.700. The van der Waals surface area contributed by atoms with Crippen molar-refractivity contribution in [1.29, 1.82) is 0 Å². The van der Waals surface area contributed by atoms with Gasteiger partial charge in [0.05, 0.1) is 19.3 Å². The van der Waals surface area contributed by atoms with E-state index in [1.165, 1.54) is 6.92 Å². The van der Waals surface area contributed by atoms with E-state index in [1.54, 1.807) is 0 Å². The third-order valence-corrected chi connectivity index (χ3v) is 5.42. The first-order valence-corrected chi connectivity index (χ1v) is 9.96. The summed E-state index contributed by atoms with van der Waals surface area (Å²) in [6, 6.07) is 9.55. The first-order valence-electron chi connectivity index (χ1n) is 9.96. The summed E-state index contributed by atoms with van der Waals surface area (Å²) in [6.07, 6.45) is -12.5. The van der Waals surface area contributed by atoms with Crippen LogP contribution in [-0.2, 0) is 25.4 Å². The maximum Gasteiger partial charge on any atom is 0.186 e. The molecule has 10 atom stereocenters. The van der Waals surface area contributed by atoms with Crippen molar-refractivity contribution in [3.8, 4) is 0 Å². The highest BCUT2D eigenvalue weighted by molar-refractivity contribution is 5.14. The van der Waals surface area contributed by atoms with E-state index in [2.05, 4.69) is 0 Å². The maximum absolute atomic E-state index is 10.2. The van der Waals surface area contributed by atoms with Crippen molar-refractivity contribution in [2.24, 2.45) is 0 Å². The predicted octanol–water partition coefficient (Wildman–Crippen LogP) is -2.10. The first-order chi connectivity index (χ1) is 14.3. The van der Waals surface area contributed by atoms with Crippen LogP contribution in [0.5, 0.6) is 0 Å². The molecular formula is C20H30O10. The minimum atomic E-state index is -1.53. The van der Waals surface area contributed by atoms with Gasteiger partial charge in [0.2, 0.25) is 0 Å². The molecule has 2 fully saturated rings. The first kappa shape index (κ1) is 23.5. The van der Waals surface area contributed by atoms with E-state index in [9.17, 15) is 30.6 Å². The van der Waals surface area contributed by atoms with Crippen LogP contribution in [0.3, 0.4) is 0 Å². The molecule has 2 aliphatic rings. The van der Waals surface area contributed by atoms with Crippen LogP contribution in [0.15, 0.2) is 30.3 Å². The predicted molar refractivity (Wildman–Crippen MR) is 101 cm³/mol. The van der Waals surface area contributed by atoms with Crippen LogP contribution >= 0.6 is 0 Å². The van der Waals surface area contributed by atoms with E-state index in [1.807, 2.05) is 30.3 Å². The van der Waals surface area contributed by atoms with E-state index in [0.717, 1.165) is 5.56 Å². The Morgan fingerprint density at radius 3 is 2.00 bits per heavy atom. The number of aliphatic hydroxyl groups is 6. The van der Waals surface area contributed by atoms with Gasteiger partial charge in [-0.05, 0) is 18.9 Å². The normalized spacial score (nSPS) is 42.2. The van der Waals surface area contributed by atoms with Crippen molar-refractivity contribution in [3.05, 3.63) is 35.9 Å². The second-order valence-corrected chi connectivity index (χ2v) is 7.64. The summed E-state index contributed by atoms with van der Waals surface area (Å²) >= 11 is 0. The van der Waals surface area contributed by atoms with E-state index in [-0.39, 0.29) is 13.2 Å². The summed E-state index contributed by atoms with van der Waals surface area (Å²) in [5.41, 5.74) is 1.03. The van der Waals surface area contributed by atoms with E-state index < -0.39 is 61.4 Å². The summed E-state index contributed by atoms with van der Waals surface area (Å²) in [7, 11) is 0. The molecule has 0 spiro atoms. The minimum absolute atomic E-state index is 0.216. The number of rotatable bonds is 7. The standard InChI is InChI=1S/C20H30O10/c1-10-13(21)15(23)17(25)20(29-10)28-9-12-14(22)16(24)18(26)19(30-12)27-8-7-11-5-3-2-4-6-11/h2-6,10,12-26H,7-9H2,1H3/t10-,12+,13+,14-,15-,16+,17-,18-,19-,20-/m1/s1. The molecule has 0 aromatic heterocycles. The topological polar surface area (TPSA) is 158 Å². The molecule has 6 N–H and O–H groups in total. The molecule has 0 bridgehead atoms. The zero-order valence-corrected chi connectivity index (χ0v) is 16.6. The van der Waals surface area contributed by atoms with Crippen molar-refractivity contribution in [2.75, 3.05) is 13.2 Å². The van der Waals surface area contributed by atoms with Crippen molar-refractivity contribution in [2.45, 2.75) is 74.8 Å². The summed E-state index contributed by atoms with van der Waals surface area (Å²) in [5.74, 6) is 0. The Bertz CT molecular complexity index is 646. The van der Waals surface area contributed by atoms with Gasteiger partial charge in [-0.3, -0.25) is 0 Å². The third kappa shape index (κ3) is 5.35. The molecule has 10 heteroatoms. The van der Waals surface area contributed by atoms with Gasteiger partial charge in [-0.1, -0.05) is 30.3 Å². The third-order valence-electron chi connectivity index (χ3n) is 5.42. The van der Waals surface area contributed by atoms with Crippen molar-refractivity contribution >= 4 is 0 Å². The summed E-state index contributed by atoms with van der Waals surface area (Å²) in [4.78, 5) is 0. The lowest BCUT2D eigenvalue weighted by Crippen LogP contribution is -2.61. The van der Waals surface area contributed by atoms with Gasteiger partial charge in [-0.25, -0.2) is 0 Å². The van der Waals surface area contributed by atoms with E-state index in [0.29, 0.717) is 6.42 Å². The zero-order chi connectivity index (χ0) is 21.8. The van der Waals surface area contributed by atoms with Gasteiger partial charge in [0.15, 0.2) is 12.6 Å². The van der Waals surface area contributed by atoms with Gasteiger partial charge in [0.1, 0.15) is 42.7 Å². The maximum atomic E-state index is 10.2. The molecule has 0 unspecified atom stereocenters. The van der Waals surface area contributed by atoms with Crippen LogP contribution in [0.1, 0.15) is 12.5 Å². The average Bonchev–Trinajstić information content (AvgIpc) is 2.75. The average molecular weight is 430 g/mol. The number of hydrogen-bond donors (Lipinski definition) is 6. The molecule has 3 rings (SSSR count). The Balaban J connectivity index is 1.53. The smallest absolute Gasteiger partial charge is 0.186 e. The minimum Gasteiger partial charge on any atom is -0.388 e. The van der Waals surface area contributed by atoms with Crippen molar-refractivity contribution in [1.82, 2.24) is 0 Å². The molecule has 170 valence electrons. The molecule has 2 aliphatic heterocycles. The summed E-state index contributed by atoms with van der Waals surface area (Å²) in [5, 5.41) is 60.1. The summed E-state index contributed by atoms with van der Waals surface area (Å²) in [6.45, 7) is 1.41. The molecule has 2 saturated heterocycles.